The van der Waals surface area contributed by atoms with Crippen LogP contribution in [0, 0.1) is 0 Å². The quantitative estimate of drug-likeness (QED) is 0.505. The standard InChI is InChI=1S/C19H16ClN3O4S/c1-2-26-13-4-3-5-15-17(13)22-18(28-15)21-16(24)8-9-23-12-7-6-11(20)10-14(12)27-19(23)25/h3-7,10H,2,8-9H2,1H3,(H,21,22,24). The Labute approximate surface area is 168 Å². The number of ether oxygens (including phenoxy) is 1. The van der Waals surface area contributed by atoms with Crippen molar-refractivity contribution in [3.8, 4) is 5.75 Å². The Bertz CT molecular complexity index is 1230. The van der Waals surface area contributed by atoms with Crippen LogP contribution < -0.4 is 15.8 Å². The van der Waals surface area contributed by atoms with Crippen LogP contribution in [0.1, 0.15) is 13.3 Å². The number of hydrogen-bond acceptors (Lipinski definition) is 6. The Kier molecular flexibility index (Phi) is 5.06. The van der Waals surface area contributed by atoms with Gasteiger partial charge in [0.1, 0.15) is 11.3 Å². The van der Waals surface area contributed by atoms with E-state index < -0.39 is 5.76 Å². The molecule has 4 aromatic rings. The van der Waals surface area contributed by atoms with E-state index >= 15 is 0 Å². The molecule has 0 radical (unpaired) electrons. The Balaban J connectivity index is 1.48. The van der Waals surface area contributed by atoms with Crippen molar-refractivity contribution in [2.24, 2.45) is 0 Å². The van der Waals surface area contributed by atoms with Gasteiger partial charge in [-0.25, -0.2) is 9.78 Å². The highest BCUT2D eigenvalue weighted by atomic mass is 35.5. The second-order valence-corrected chi connectivity index (χ2v) is 7.45. The number of nitrogens with one attached hydrogen (secondary N) is 1. The van der Waals surface area contributed by atoms with E-state index in [1.54, 1.807) is 18.2 Å². The summed E-state index contributed by atoms with van der Waals surface area (Å²) in [6, 6.07) is 10.6. The molecular formula is C19H16ClN3O4S. The molecule has 2 aromatic carbocycles. The second kappa shape index (κ2) is 7.65. The van der Waals surface area contributed by atoms with Gasteiger partial charge in [-0.3, -0.25) is 9.36 Å². The van der Waals surface area contributed by atoms with Crippen molar-refractivity contribution in [3.63, 3.8) is 0 Å². The summed E-state index contributed by atoms with van der Waals surface area (Å²) in [5.74, 6) is -0.0783. The Morgan fingerprint density at radius 3 is 3.04 bits per heavy atom. The van der Waals surface area contributed by atoms with E-state index in [0.29, 0.717) is 33.6 Å². The van der Waals surface area contributed by atoms with Gasteiger partial charge >= 0.3 is 5.76 Å². The molecule has 9 heteroatoms. The first-order valence-corrected chi connectivity index (χ1v) is 9.85. The highest BCUT2D eigenvalue weighted by Crippen LogP contribution is 2.32. The minimum Gasteiger partial charge on any atom is -0.492 e. The van der Waals surface area contributed by atoms with Gasteiger partial charge in [0.15, 0.2) is 10.7 Å². The predicted molar refractivity (Wildman–Crippen MR) is 110 cm³/mol. The van der Waals surface area contributed by atoms with Crippen molar-refractivity contribution in [1.29, 1.82) is 0 Å². The number of nitrogens with zero attached hydrogens (tertiary/aromatic N) is 2. The van der Waals surface area contributed by atoms with Gasteiger partial charge in [-0.2, -0.15) is 0 Å². The molecule has 2 aromatic heterocycles. The molecule has 0 spiro atoms. The molecule has 144 valence electrons. The monoisotopic (exact) mass is 417 g/mol. The Morgan fingerprint density at radius 2 is 2.21 bits per heavy atom. The summed E-state index contributed by atoms with van der Waals surface area (Å²) in [5, 5.41) is 3.75. The van der Waals surface area contributed by atoms with Crippen molar-refractivity contribution in [2.75, 3.05) is 11.9 Å². The van der Waals surface area contributed by atoms with Gasteiger partial charge in [0.05, 0.1) is 16.8 Å². The van der Waals surface area contributed by atoms with E-state index in [9.17, 15) is 9.59 Å². The van der Waals surface area contributed by atoms with Crippen molar-refractivity contribution in [1.82, 2.24) is 9.55 Å². The number of aryl methyl sites for hydroxylation is 1. The molecule has 0 aliphatic rings. The first-order valence-electron chi connectivity index (χ1n) is 8.66. The van der Waals surface area contributed by atoms with E-state index in [0.717, 1.165) is 10.2 Å². The zero-order valence-corrected chi connectivity index (χ0v) is 16.5. The number of rotatable bonds is 6. The summed E-state index contributed by atoms with van der Waals surface area (Å²) in [6.07, 6.45) is 0.103. The van der Waals surface area contributed by atoms with Gasteiger partial charge in [0, 0.05) is 24.1 Å². The molecule has 7 nitrogen and oxygen atoms in total. The van der Waals surface area contributed by atoms with E-state index in [1.807, 2.05) is 25.1 Å². The zero-order valence-electron chi connectivity index (χ0n) is 14.9. The van der Waals surface area contributed by atoms with Crippen LogP contribution in [0.5, 0.6) is 5.75 Å². The SMILES string of the molecule is CCOc1cccc2sc(NC(=O)CCn3c(=O)oc4cc(Cl)ccc43)nc12. The Hall–Kier alpha value is -2.84. The number of thiazole rings is 1. The molecule has 1 N–H and O–H groups in total. The number of para-hydroxylation sites is 1. The first-order chi connectivity index (χ1) is 13.5. The third-order valence-corrected chi connectivity index (χ3v) is 5.29. The van der Waals surface area contributed by atoms with Crippen LogP contribution in [0.2, 0.25) is 5.02 Å². The lowest BCUT2D eigenvalue weighted by atomic mass is 10.3. The molecule has 1 amide bonds. The third-order valence-electron chi connectivity index (χ3n) is 4.12. The van der Waals surface area contributed by atoms with Crippen LogP contribution in [0.4, 0.5) is 5.13 Å². The van der Waals surface area contributed by atoms with Gasteiger partial charge in [-0.05, 0) is 31.2 Å². The second-order valence-electron chi connectivity index (χ2n) is 5.98. The number of aromatic nitrogens is 2. The maximum atomic E-state index is 12.4. The fourth-order valence-corrected chi connectivity index (χ4v) is 3.96. The van der Waals surface area contributed by atoms with Gasteiger partial charge < -0.3 is 14.5 Å². The van der Waals surface area contributed by atoms with E-state index in [2.05, 4.69) is 10.3 Å². The molecule has 0 bridgehead atoms. The highest BCUT2D eigenvalue weighted by Gasteiger charge is 2.14. The van der Waals surface area contributed by atoms with Gasteiger partial charge in [-0.15, -0.1) is 0 Å². The molecular weight excluding hydrogens is 402 g/mol. The van der Waals surface area contributed by atoms with Crippen molar-refractivity contribution >= 4 is 55.3 Å². The molecule has 0 saturated carbocycles. The third kappa shape index (κ3) is 3.61. The topological polar surface area (TPSA) is 86.4 Å². The van der Waals surface area contributed by atoms with Crippen LogP contribution in [-0.2, 0) is 11.3 Å². The van der Waals surface area contributed by atoms with Crippen molar-refractivity contribution in [3.05, 3.63) is 52.0 Å². The predicted octanol–water partition coefficient (Wildman–Crippen LogP) is 4.29. The minimum absolute atomic E-state index is 0.103. The van der Waals surface area contributed by atoms with Gasteiger partial charge in [0.2, 0.25) is 5.91 Å². The number of hydrogen-bond donors (Lipinski definition) is 1. The molecule has 0 aliphatic heterocycles. The summed E-state index contributed by atoms with van der Waals surface area (Å²) >= 11 is 7.28. The molecule has 0 aliphatic carbocycles. The Morgan fingerprint density at radius 1 is 1.36 bits per heavy atom. The van der Waals surface area contributed by atoms with Crippen molar-refractivity contribution < 1.29 is 13.9 Å². The number of oxazole rings is 1. The number of carbonyl (C=O) groups excluding carboxylic acids is 1. The van der Waals surface area contributed by atoms with Gasteiger partial charge in [-0.1, -0.05) is 29.0 Å². The number of anilines is 1. The molecule has 28 heavy (non-hydrogen) atoms. The number of halogens is 1. The number of carbonyl (C=O) groups is 1. The average molecular weight is 418 g/mol. The summed E-state index contributed by atoms with van der Waals surface area (Å²) in [5.41, 5.74) is 1.72. The largest absolute Gasteiger partial charge is 0.492 e. The minimum atomic E-state index is -0.522. The fraction of sp³-hybridized carbons (Fsp3) is 0.211. The smallest absolute Gasteiger partial charge is 0.419 e. The number of benzene rings is 2. The summed E-state index contributed by atoms with van der Waals surface area (Å²) in [4.78, 5) is 28.8. The van der Waals surface area contributed by atoms with Crippen LogP contribution in [0.25, 0.3) is 21.3 Å². The number of fused-ring (bicyclic) bond motifs is 2. The molecule has 0 atom stereocenters. The van der Waals surface area contributed by atoms with Gasteiger partial charge in [0.25, 0.3) is 0 Å². The van der Waals surface area contributed by atoms with Crippen molar-refractivity contribution in [2.45, 2.75) is 19.9 Å². The highest BCUT2D eigenvalue weighted by molar-refractivity contribution is 7.22. The maximum absolute atomic E-state index is 12.4. The zero-order chi connectivity index (χ0) is 19.7. The molecule has 0 unspecified atom stereocenters. The lowest BCUT2D eigenvalue weighted by Gasteiger charge is -2.03. The first kappa shape index (κ1) is 18.5. The van der Waals surface area contributed by atoms with Crippen LogP contribution in [0.15, 0.2) is 45.6 Å². The van der Waals surface area contributed by atoms with E-state index in [-0.39, 0.29) is 18.9 Å². The molecule has 2 heterocycles. The van der Waals surface area contributed by atoms with Crippen LogP contribution in [-0.4, -0.2) is 22.1 Å². The van der Waals surface area contributed by atoms with Crippen LogP contribution >= 0.6 is 22.9 Å². The summed E-state index contributed by atoms with van der Waals surface area (Å²) < 4.78 is 13.1. The summed E-state index contributed by atoms with van der Waals surface area (Å²) in [7, 11) is 0. The average Bonchev–Trinajstić information content (AvgIpc) is 3.20. The van der Waals surface area contributed by atoms with Crippen LogP contribution in [0.3, 0.4) is 0 Å². The number of amides is 1. The lowest BCUT2D eigenvalue weighted by Crippen LogP contribution is -2.19. The normalized spacial score (nSPS) is 11.2. The molecule has 0 fully saturated rings. The maximum Gasteiger partial charge on any atom is 0.419 e. The molecule has 4 rings (SSSR count). The molecule has 0 saturated heterocycles. The summed E-state index contributed by atoms with van der Waals surface area (Å²) in [6.45, 7) is 2.63. The van der Waals surface area contributed by atoms with E-state index in [1.165, 1.54) is 15.9 Å². The lowest BCUT2D eigenvalue weighted by molar-refractivity contribution is -0.116. The van der Waals surface area contributed by atoms with E-state index in [4.69, 9.17) is 20.8 Å². The fourth-order valence-electron chi connectivity index (χ4n) is 2.90.